The normalized spacial score (nSPS) is 10.2. The number of halogens is 1. The zero-order valence-corrected chi connectivity index (χ0v) is 12.3. The van der Waals surface area contributed by atoms with Crippen molar-refractivity contribution in [3.63, 3.8) is 0 Å². The molecule has 2 N–H and O–H groups in total. The third-order valence-electron chi connectivity index (χ3n) is 2.27. The Labute approximate surface area is 119 Å². The summed E-state index contributed by atoms with van der Waals surface area (Å²) < 4.78 is 1.000. The zero-order chi connectivity index (χ0) is 13.7. The minimum Gasteiger partial charge on any atom is -0.480 e. The minimum atomic E-state index is -1.03. The number of hydrogen-bond donors (Lipinski definition) is 2. The monoisotopic (exact) mass is 362 g/mol. The van der Waals surface area contributed by atoms with Crippen molar-refractivity contribution < 1.29 is 14.7 Å². The van der Waals surface area contributed by atoms with Crippen molar-refractivity contribution in [2.75, 3.05) is 11.9 Å². The standard InChI is InChI=1S/C12H15IN2O3/c1-8(2)15(7-11(16)17)12(18)14-10-5-3-4-9(13)6-10/h3-6,8H,7H2,1-2H3,(H,14,18)(H,16,17). The maximum Gasteiger partial charge on any atom is 0.323 e. The third kappa shape index (κ3) is 4.52. The van der Waals surface area contributed by atoms with E-state index in [1.807, 2.05) is 18.2 Å². The molecule has 0 unspecified atom stereocenters. The van der Waals surface area contributed by atoms with Gasteiger partial charge in [-0.25, -0.2) is 4.79 Å². The van der Waals surface area contributed by atoms with Crippen molar-refractivity contribution in [1.29, 1.82) is 0 Å². The summed E-state index contributed by atoms with van der Waals surface area (Å²) in [7, 11) is 0. The molecule has 0 saturated carbocycles. The Hall–Kier alpha value is -1.31. The molecule has 6 heteroatoms. The van der Waals surface area contributed by atoms with Gasteiger partial charge in [0.2, 0.25) is 0 Å². The first-order valence-electron chi connectivity index (χ1n) is 5.45. The molecule has 0 bridgehead atoms. The molecule has 18 heavy (non-hydrogen) atoms. The number of benzene rings is 1. The second kappa shape index (κ2) is 6.58. The molecule has 0 heterocycles. The van der Waals surface area contributed by atoms with Crippen LogP contribution in [0.25, 0.3) is 0 Å². The Morgan fingerprint density at radius 2 is 2.11 bits per heavy atom. The Morgan fingerprint density at radius 3 is 2.61 bits per heavy atom. The second-order valence-electron chi connectivity index (χ2n) is 4.06. The topological polar surface area (TPSA) is 69.6 Å². The lowest BCUT2D eigenvalue weighted by atomic mass is 10.3. The number of carbonyl (C=O) groups excluding carboxylic acids is 1. The highest BCUT2D eigenvalue weighted by Gasteiger charge is 2.19. The molecule has 98 valence electrons. The largest absolute Gasteiger partial charge is 0.480 e. The number of carboxylic acids is 1. The van der Waals surface area contributed by atoms with Crippen LogP contribution < -0.4 is 5.32 Å². The van der Waals surface area contributed by atoms with Gasteiger partial charge in [-0.15, -0.1) is 0 Å². The molecule has 0 aromatic heterocycles. The summed E-state index contributed by atoms with van der Waals surface area (Å²) in [4.78, 5) is 23.9. The fourth-order valence-corrected chi connectivity index (χ4v) is 1.94. The van der Waals surface area contributed by atoms with E-state index < -0.39 is 12.0 Å². The molecule has 0 spiro atoms. The predicted molar refractivity (Wildman–Crippen MR) is 77.7 cm³/mol. The van der Waals surface area contributed by atoms with Crippen LogP contribution in [0.4, 0.5) is 10.5 Å². The molecular formula is C12H15IN2O3. The van der Waals surface area contributed by atoms with Crippen LogP contribution in [0.2, 0.25) is 0 Å². The van der Waals surface area contributed by atoms with Crippen LogP contribution in [0.1, 0.15) is 13.8 Å². The molecule has 0 aliphatic carbocycles. The number of aliphatic carboxylic acids is 1. The van der Waals surface area contributed by atoms with Crippen LogP contribution in [-0.2, 0) is 4.79 Å². The van der Waals surface area contributed by atoms with Gasteiger partial charge < -0.3 is 15.3 Å². The van der Waals surface area contributed by atoms with E-state index in [1.54, 1.807) is 19.9 Å². The highest BCUT2D eigenvalue weighted by molar-refractivity contribution is 14.1. The highest BCUT2D eigenvalue weighted by atomic mass is 127. The first-order chi connectivity index (χ1) is 8.40. The van der Waals surface area contributed by atoms with Crippen LogP contribution in [0.3, 0.4) is 0 Å². The quantitative estimate of drug-likeness (QED) is 0.809. The second-order valence-corrected chi connectivity index (χ2v) is 5.30. The zero-order valence-electron chi connectivity index (χ0n) is 10.2. The summed E-state index contributed by atoms with van der Waals surface area (Å²) >= 11 is 2.14. The lowest BCUT2D eigenvalue weighted by molar-refractivity contribution is -0.137. The van der Waals surface area contributed by atoms with E-state index in [-0.39, 0.29) is 12.6 Å². The Bertz CT molecular complexity index is 449. The van der Waals surface area contributed by atoms with Gasteiger partial charge in [0.05, 0.1) is 0 Å². The average molecular weight is 362 g/mol. The van der Waals surface area contributed by atoms with E-state index in [2.05, 4.69) is 27.9 Å². The lowest BCUT2D eigenvalue weighted by Crippen LogP contribution is -2.43. The maximum absolute atomic E-state index is 11.9. The predicted octanol–water partition coefficient (Wildman–Crippen LogP) is 2.62. The summed E-state index contributed by atoms with van der Waals surface area (Å²) in [6.07, 6.45) is 0. The molecule has 0 radical (unpaired) electrons. The first-order valence-corrected chi connectivity index (χ1v) is 6.53. The number of hydrogen-bond acceptors (Lipinski definition) is 2. The number of carboxylic acid groups (broad SMARTS) is 1. The maximum atomic E-state index is 11.9. The number of rotatable bonds is 4. The number of nitrogens with zero attached hydrogens (tertiary/aromatic N) is 1. The average Bonchev–Trinajstić information content (AvgIpc) is 2.25. The van der Waals surface area contributed by atoms with Crippen molar-refractivity contribution in [2.45, 2.75) is 19.9 Å². The SMILES string of the molecule is CC(C)N(CC(=O)O)C(=O)Nc1cccc(I)c1. The summed E-state index contributed by atoms with van der Waals surface area (Å²) in [5.74, 6) is -1.03. The fourth-order valence-electron chi connectivity index (χ4n) is 1.40. The lowest BCUT2D eigenvalue weighted by Gasteiger charge is -2.25. The number of carbonyl (C=O) groups is 2. The van der Waals surface area contributed by atoms with E-state index >= 15 is 0 Å². The smallest absolute Gasteiger partial charge is 0.323 e. The van der Waals surface area contributed by atoms with E-state index in [9.17, 15) is 9.59 Å². The van der Waals surface area contributed by atoms with Gasteiger partial charge in [0.1, 0.15) is 6.54 Å². The van der Waals surface area contributed by atoms with Crippen LogP contribution in [0.5, 0.6) is 0 Å². The van der Waals surface area contributed by atoms with Crippen LogP contribution in [-0.4, -0.2) is 34.6 Å². The van der Waals surface area contributed by atoms with Gasteiger partial charge in [-0.1, -0.05) is 6.07 Å². The molecule has 0 fully saturated rings. The van der Waals surface area contributed by atoms with Gasteiger partial charge in [0, 0.05) is 15.3 Å². The fraction of sp³-hybridized carbons (Fsp3) is 0.333. The molecule has 0 atom stereocenters. The summed E-state index contributed by atoms with van der Waals surface area (Å²) in [5, 5.41) is 11.5. The van der Waals surface area contributed by atoms with E-state index in [0.29, 0.717) is 5.69 Å². The molecule has 1 aromatic rings. The van der Waals surface area contributed by atoms with Gasteiger partial charge in [0.25, 0.3) is 0 Å². The number of anilines is 1. The van der Waals surface area contributed by atoms with Crippen molar-refractivity contribution in [3.8, 4) is 0 Å². The molecule has 5 nitrogen and oxygen atoms in total. The van der Waals surface area contributed by atoms with Crippen molar-refractivity contribution >= 4 is 40.3 Å². The van der Waals surface area contributed by atoms with Gasteiger partial charge in [-0.2, -0.15) is 0 Å². The molecule has 1 aromatic carbocycles. The molecular weight excluding hydrogens is 347 g/mol. The highest BCUT2D eigenvalue weighted by Crippen LogP contribution is 2.13. The summed E-state index contributed by atoms with van der Waals surface area (Å²) in [5.41, 5.74) is 0.655. The minimum absolute atomic E-state index is 0.177. The van der Waals surface area contributed by atoms with Crippen molar-refractivity contribution in [2.24, 2.45) is 0 Å². The number of amides is 2. The molecule has 0 saturated heterocycles. The van der Waals surface area contributed by atoms with Gasteiger partial charge >= 0.3 is 12.0 Å². The molecule has 0 aliphatic heterocycles. The number of urea groups is 1. The Kier molecular flexibility index (Phi) is 5.39. The van der Waals surface area contributed by atoms with Gasteiger partial charge in [-0.05, 0) is 54.6 Å². The van der Waals surface area contributed by atoms with Crippen LogP contribution in [0.15, 0.2) is 24.3 Å². The van der Waals surface area contributed by atoms with Crippen molar-refractivity contribution in [1.82, 2.24) is 4.90 Å². The van der Waals surface area contributed by atoms with E-state index in [0.717, 1.165) is 3.57 Å². The summed E-state index contributed by atoms with van der Waals surface area (Å²) in [6, 6.07) is 6.73. The van der Waals surface area contributed by atoms with Crippen LogP contribution >= 0.6 is 22.6 Å². The van der Waals surface area contributed by atoms with Gasteiger partial charge in [-0.3, -0.25) is 4.79 Å². The first kappa shape index (κ1) is 14.7. The van der Waals surface area contributed by atoms with Gasteiger partial charge in [0.15, 0.2) is 0 Å². The van der Waals surface area contributed by atoms with E-state index in [1.165, 1.54) is 4.90 Å². The Morgan fingerprint density at radius 1 is 1.44 bits per heavy atom. The third-order valence-corrected chi connectivity index (χ3v) is 2.94. The Balaban J connectivity index is 2.75. The van der Waals surface area contributed by atoms with Crippen LogP contribution in [0, 0.1) is 3.57 Å². The molecule has 1 rings (SSSR count). The van der Waals surface area contributed by atoms with Crippen molar-refractivity contribution in [3.05, 3.63) is 27.8 Å². The summed E-state index contributed by atoms with van der Waals surface area (Å²) in [6.45, 7) is 3.24. The molecule has 0 aliphatic rings. The number of nitrogens with one attached hydrogen (secondary N) is 1. The molecule has 2 amide bonds. The van der Waals surface area contributed by atoms with E-state index in [4.69, 9.17) is 5.11 Å².